The first-order valence-electron chi connectivity index (χ1n) is 8.76. The number of rotatable bonds is 5. The van der Waals surface area contributed by atoms with Gasteiger partial charge in [0, 0.05) is 37.8 Å². The zero-order valence-corrected chi connectivity index (χ0v) is 14.8. The van der Waals surface area contributed by atoms with E-state index in [-0.39, 0.29) is 6.10 Å². The molecule has 1 atom stereocenters. The number of aryl methyl sites for hydroxylation is 1. The van der Waals surface area contributed by atoms with Gasteiger partial charge in [0.25, 0.3) is 0 Å². The van der Waals surface area contributed by atoms with Gasteiger partial charge in [0.15, 0.2) is 0 Å². The van der Waals surface area contributed by atoms with Crippen LogP contribution in [-0.4, -0.2) is 48.8 Å². The SMILES string of the molecule is Cn1cc(-n2ccc3nc(Cc4cnoc4)nc(O[C@H]4CCOC4)c32)cn1. The largest absolute Gasteiger partial charge is 0.470 e. The third-order valence-electron chi connectivity index (χ3n) is 4.53. The number of fused-ring (bicyclic) bond motifs is 1. The van der Waals surface area contributed by atoms with Gasteiger partial charge in [-0.3, -0.25) is 4.68 Å². The van der Waals surface area contributed by atoms with E-state index < -0.39 is 0 Å². The van der Waals surface area contributed by atoms with Crippen LogP contribution < -0.4 is 4.74 Å². The highest BCUT2D eigenvalue weighted by atomic mass is 16.5. The second-order valence-electron chi connectivity index (χ2n) is 6.55. The summed E-state index contributed by atoms with van der Waals surface area (Å²) >= 11 is 0. The van der Waals surface area contributed by atoms with Gasteiger partial charge in [-0.2, -0.15) is 10.1 Å². The van der Waals surface area contributed by atoms with E-state index in [4.69, 9.17) is 24.0 Å². The van der Waals surface area contributed by atoms with Crippen LogP contribution in [0.25, 0.3) is 16.7 Å². The molecule has 138 valence electrons. The standard InChI is InChI=1S/C18H18N6O3/c1-23-9-13(8-19-23)24-4-2-15-17(24)18(27-14-3-5-25-11-14)22-16(21-15)6-12-7-20-26-10-12/h2,4,7-10,14H,3,5-6,11H2,1H3/t14-/m0/s1. The Morgan fingerprint density at radius 1 is 1.30 bits per heavy atom. The van der Waals surface area contributed by atoms with Gasteiger partial charge in [-0.25, -0.2) is 4.98 Å². The Morgan fingerprint density at radius 2 is 2.26 bits per heavy atom. The summed E-state index contributed by atoms with van der Waals surface area (Å²) in [6, 6.07) is 1.96. The molecule has 1 aliphatic heterocycles. The summed E-state index contributed by atoms with van der Waals surface area (Å²) in [7, 11) is 1.88. The summed E-state index contributed by atoms with van der Waals surface area (Å²) in [5.41, 5.74) is 3.48. The van der Waals surface area contributed by atoms with E-state index in [1.807, 2.05) is 30.1 Å². The van der Waals surface area contributed by atoms with Crippen molar-refractivity contribution < 1.29 is 14.0 Å². The Bertz CT molecular complexity index is 1060. The fourth-order valence-corrected chi connectivity index (χ4v) is 3.23. The summed E-state index contributed by atoms with van der Waals surface area (Å²) in [4.78, 5) is 9.40. The van der Waals surface area contributed by atoms with E-state index >= 15 is 0 Å². The van der Waals surface area contributed by atoms with Gasteiger partial charge in [-0.05, 0) is 6.07 Å². The fourth-order valence-electron chi connectivity index (χ4n) is 3.23. The van der Waals surface area contributed by atoms with Crippen LogP contribution in [0.3, 0.4) is 0 Å². The van der Waals surface area contributed by atoms with E-state index in [2.05, 4.69) is 10.3 Å². The Labute approximate surface area is 154 Å². The average Bonchev–Trinajstić information content (AvgIpc) is 3.41. The molecule has 0 radical (unpaired) electrons. The summed E-state index contributed by atoms with van der Waals surface area (Å²) in [6.07, 6.45) is 10.3. The highest BCUT2D eigenvalue weighted by Crippen LogP contribution is 2.29. The van der Waals surface area contributed by atoms with Crippen LogP contribution in [0.15, 0.2) is 41.6 Å². The van der Waals surface area contributed by atoms with E-state index in [9.17, 15) is 0 Å². The van der Waals surface area contributed by atoms with Crippen LogP contribution in [0.2, 0.25) is 0 Å². The normalized spacial score (nSPS) is 17.0. The highest BCUT2D eigenvalue weighted by Gasteiger charge is 2.22. The molecule has 0 unspecified atom stereocenters. The average molecular weight is 366 g/mol. The second-order valence-corrected chi connectivity index (χ2v) is 6.55. The van der Waals surface area contributed by atoms with Crippen LogP contribution in [0.5, 0.6) is 5.88 Å². The Hall–Kier alpha value is -3.20. The van der Waals surface area contributed by atoms with Gasteiger partial charge in [-0.1, -0.05) is 5.16 Å². The molecule has 1 aliphatic rings. The number of nitrogens with zero attached hydrogens (tertiary/aromatic N) is 6. The number of hydrogen-bond acceptors (Lipinski definition) is 7. The minimum Gasteiger partial charge on any atom is -0.470 e. The molecule has 0 aliphatic carbocycles. The lowest BCUT2D eigenvalue weighted by Gasteiger charge is -2.14. The lowest BCUT2D eigenvalue weighted by Crippen LogP contribution is -2.18. The van der Waals surface area contributed by atoms with Crippen LogP contribution in [-0.2, 0) is 18.2 Å². The molecular weight excluding hydrogens is 348 g/mol. The molecule has 0 aromatic carbocycles. The third-order valence-corrected chi connectivity index (χ3v) is 4.53. The van der Waals surface area contributed by atoms with Gasteiger partial charge in [0.2, 0.25) is 5.88 Å². The van der Waals surface area contributed by atoms with Gasteiger partial charge in [0.1, 0.15) is 23.7 Å². The molecule has 0 spiro atoms. The lowest BCUT2D eigenvalue weighted by molar-refractivity contribution is 0.139. The molecule has 9 heteroatoms. The first-order valence-corrected chi connectivity index (χ1v) is 8.76. The molecule has 0 bridgehead atoms. The van der Waals surface area contributed by atoms with Crippen LogP contribution >= 0.6 is 0 Å². The van der Waals surface area contributed by atoms with E-state index in [0.29, 0.717) is 31.3 Å². The van der Waals surface area contributed by atoms with Gasteiger partial charge < -0.3 is 18.6 Å². The molecule has 5 rings (SSSR count). The zero-order valence-electron chi connectivity index (χ0n) is 14.8. The molecular formula is C18H18N6O3. The molecule has 0 saturated carbocycles. The summed E-state index contributed by atoms with van der Waals surface area (Å²) in [5, 5.41) is 8.00. The maximum absolute atomic E-state index is 6.21. The molecule has 0 N–H and O–H groups in total. The molecule has 5 heterocycles. The van der Waals surface area contributed by atoms with Crippen molar-refractivity contribution in [3.8, 4) is 11.6 Å². The fraction of sp³-hybridized carbons (Fsp3) is 0.333. The van der Waals surface area contributed by atoms with Crippen molar-refractivity contribution in [1.29, 1.82) is 0 Å². The zero-order chi connectivity index (χ0) is 18.2. The van der Waals surface area contributed by atoms with Gasteiger partial charge >= 0.3 is 0 Å². The smallest absolute Gasteiger partial charge is 0.242 e. The van der Waals surface area contributed by atoms with E-state index in [1.165, 1.54) is 0 Å². The second kappa shape index (κ2) is 6.51. The molecule has 0 amide bonds. The minimum absolute atomic E-state index is 0.0104. The summed E-state index contributed by atoms with van der Waals surface area (Å²) < 4.78 is 20.3. The minimum atomic E-state index is -0.0104. The predicted molar refractivity (Wildman–Crippen MR) is 94.8 cm³/mol. The maximum Gasteiger partial charge on any atom is 0.242 e. The van der Waals surface area contributed by atoms with Crippen molar-refractivity contribution in [3.05, 3.63) is 48.5 Å². The first kappa shape index (κ1) is 16.0. The van der Waals surface area contributed by atoms with Crippen molar-refractivity contribution in [2.75, 3.05) is 13.2 Å². The lowest BCUT2D eigenvalue weighted by atomic mass is 10.2. The van der Waals surface area contributed by atoms with Crippen LogP contribution in [0.1, 0.15) is 17.8 Å². The van der Waals surface area contributed by atoms with Crippen molar-refractivity contribution in [2.24, 2.45) is 7.05 Å². The van der Waals surface area contributed by atoms with Crippen molar-refractivity contribution in [3.63, 3.8) is 0 Å². The van der Waals surface area contributed by atoms with Crippen LogP contribution in [0, 0.1) is 0 Å². The quantitative estimate of drug-likeness (QED) is 0.532. The monoisotopic (exact) mass is 366 g/mol. The van der Waals surface area contributed by atoms with E-state index in [0.717, 1.165) is 28.7 Å². The molecule has 27 heavy (non-hydrogen) atoms. The number of hydrogen-bond donors (Lipinski definition) is 0. The summed E-state index contributed by atoms with van der Waals surface area (Å²) in [6.45, 7) is 1.27. The van der Waals surface area contributed by atoms with Crippen molar-refractivity contribution >= 4 is 11.0 Å². The molecule has 9 nitrogen and oxygen atoms in total. The highest BCUT2D eigenvalue weighted by molar-refractivity contribution is 5.82. The topological polar surface area (TPSA) is 93.0 Å². The van der Waals surface area contributed by atoms with Crippen molar-refractivity contribution in [1.82, 2.24) is 29.5 Å². The number of ether oxygens (including phenoxy) is 2. The van der Waals surface area contributed by atoms with Gasteiger partial charge in [0.05, 0.1) is 36.8 Å². The molecule has 1 saturated heterocycles. The Balaban J connectivity index is 1.61. The Morgan fingerprint density at radius 3 is 3.00 bits per heavy atom. The van der Waals surface area contributed by atoms with E-state index in [1.54, 1.807) is 23.3 Å². The summed E-state index contributed by atoms with van der Waals surface area (Å²) in [5.74, 6) is 1.21. The molecule has 1 fully saturated rings. The third kappa shape index (κ3) is 3.06. The van der Waals surface area contributed by atoms with Gasteiger partial charge in [-0.15, -0.1) is 0 Å². The molecule has 4 aromatic rings. The predicted octanol–water partition coefficient (Wildman–Crippen LogP) is 1.90. The maximum atomic E-state index is 6.21. The molecule has 4 aromatic heterocycles. The number of aromatic nitrogens is 6. The Kier molecular flexibility index (Phi) is 3.86. The first-order chi connectivity index (χ1) is 13.3. The van der Waals surface area contributed by atoms with Crippen LogP contribution in [0.4, 0.5) is 0 Å². The van der Waals surface area contributed by atoms with Crippen molar-refractivity contribution in [2.45, 2.75) is 18.9 Å².